The first-order valence-electron chi connectivity index (χ1n) is 11.4. The van der Waals surface area contributed by atoms with E-state index in [0.717, 1.165) is 12.1 Å². The van der Waals surface area contributed by atoms with Gasteiger partial charge in [-0.05, 0) is 56.2 Å². The smallest absolute Gasteiger partial charge is 0.419 e. The fourth-order valence-electron chi connectivity index (χ4n) is 5.93. The third-order valence-corrected chi connectivity index (χ3v) is 7.48. The largest absolute Gasteiger partial charge is 0.493 e. The molecule has 2 aromatic rings. The van der Waals surface area contributed by atoms with Crippen LogP contribution in [0.1, 0.15) is 42.9 Å². The van der Waals surface area contributed by atoms with Gasteiger partial charge in [0.25, 0.3) is 0 Å². The second-order valence-electron chi connectivity index (χ2n) is 9.49. The molecule has 3 saturated heterocycles. The number of nitrogens with zero attached hydrogens (tertiary/aromatic N) is 3. The topological polar surface area (TPSA) is 103 Å². The summed E-state index contributed by atoms with van der Waals surface area (Å²) in [5, 5.41) is 18.2. The third kappa shape index (κ3) is 3.44. The number of hydrogen-bond acceptors (Lipinski definition) is 6. The molecular formula is C26H20F3N3O4. The molecule has 4 unspecified atom stereocenters. The lowest BCUT2D eigenvalue weighted by molar-refractivity contribution is -0.137. The fraction of sp³-hybridized carbons (Fsp3) is 0.385. The molecule has 10 heteroatoms. The van der Waals surface area contributed by atoms with Gasteiger partial charge in [-0.2, -0.15) is 23.7 Å². The summed E-state index contributed by atoms with van der Waals surface area (Å²) < 4.78 is 53.8. The van der Waals surface area contributed by atoms with Crippen molar-refractivity contribution in [3.05, 3.63) is 59.2 Å². The summed E-state index contributed by atoms with van der Waals surface area (Å²) in [4.78, 5) is 27.7. The van der Waals surface area contributed by atoms with Crippen molar-refractivity contribution < 1.29 is 32.2 Å². The summed E-state index contributed by atoms with van der Waals surface area (Å²) in [6, 6.07) is 13.3. The number of amides is 2. The average molecular weight is 495 g/mol. The van der Waals surface area contributed by atoms with E-state index in [1.165, 1.54) is 12.1 Å². The molecule has 0 spiro atoms. The number of ether oxygens (including phenoxy) is 2. The SMILES string of the molecule is CC12CCC(CCOc3ccc(C#N)cc3)(O1)C1C(=O)N(c3cccc(C#N)c3C(F)(F)F)C(=O)C12. The Bertz CT molecular complexity index is 1340. The van der Waals surface area contributed by atoms with Crippen LogP contribution in [-0.4, -0.2) is 29.6 Å². The first-order chi connectivity index (χ1) is 17.0. The number of carbonyl (C=O) groups is 2. The molecule has 184 valence electrons. The fourth-order valence-corrected chi connectivity index (χ4v) is 5.93. The molecule has 3 aliphatic heterocycles. The first-order valence-corrected chi connectivity index (χ1v) is 11.4. The van der Waals surface area contributed by atoms with Crippen LogP contribution in [0.25, 0.3) is 0 Å². The summed E-state index contributed by atoms with van der Waals surface area (Å²) in [5.41, 5.74) is -4.16. The highest BCUT2D eigenvalue weighted by molar-refractivity contribution is 6.23. The lowest BCUT2D eigenvalue weighted by Gasteiger charge is -2.31. The van der Waals surface area contributed by atoms with Gasteiger partial charge in [0.05, 0.1) is 64.2 Å². The van der Waals surface area contributed by atoms with Crippen LogP contribution >= 0.6 is 0 Å². The number of imide groups is 1. The number of rotatable bonds is 5. The number of benzene rings is 2. The van der Waals surface area contributed by atoms with E-state index in [9.17, 15) is 28.0 Å². The molecule has 2 amide bonds. The Morgan fingerprint density at radius 3 is 2.39 bits per heavy atom. The minimum atomic E-state index is -4.94. The van der Waals surface area contributed by atoms with E-state index in [1.54, 1.807) is 31.2 Å². The van der Waals surface area contributed by atoms with Crippen molar-refractivity contribution in [2.45, 2.75) is 43.6 Å². The van der Waals surface area contributed by atoms with Crippen LogP contribution in [0.15, 0.2) is 42.5 Å². The Labute approximate surface area is 204 Å². The quantitative estimate of drug-likeness (QED) is 0.572. The van der Waals surface area contributed by atoms with E-state index in [4.69, 9.17) is 14.7 Å². The summed E-state index contributed by atoms with van der Waals surface area (Å²) >= 11 is 0. The molecule has 2 aromatic carbocycles. The predicted molar refractivity (Wildman–Crippen MR) is 118 cm³/mol. The highest BCUT2D eigenvalue weighted by atomic mass is 19.4. The van der Waals surface area contributed by atoms with Gasteiger partial charge in [-0.25, -0.2) is 4.90 Å². The monoisotopic (exact) mass is 495 g/mol. The summed E-state index contributed by atoms with van der Waals surface area (Å²) in [6.07, 6.45) is -3.76. The zero-order valence-electron chi connectivity index (χ0n) is 19.1. The van der Waals surface area contributed by atoms with E-state index in [-0.39, 0.29) is 13.0 Å². The van der Waals surface area contributed by atoms with Crippen molar-refractivity contribution in [3.8, 4) is 17.9 Å². The van der Waals surface area contributed by atoms with E-state index in [2.05, 4.69) is 0 Å². The number of hydrogen-bond donors (Lipinski definition) is 0. The zero-order valence-corrected chi connectivity index (χ0v) is 19.1. The van der Waals surface area contributed by atoms with Gasteiger partial charge in [-0.1, -0.05) is 6.07 Å². The Morgan fingerprint density at radius 1 is 1.06 bits per heavy atom. The van der Waals surface area contributed by atoms with Crippen LogP contribution in [-0.2, 0) is 20.5 Å². The number of halogens is 3. The van der Waals surface area contributed by atoms with E-state index >= 15 is 0 Å². The maximum Gasteiger partial charge on any atom is 0.419 e. The predicted octanol–water partition coefficient (Wildman–Crippen LogP) is 4.34. The normalized spacial score (nSPS) is 28.7. The highest BCUT2D eigenvalue weighted by Crippen LogP contribution is 2.62. The van der Waals surface area contributed by atoms with Crippen molar-refractivity contribution in [1.82, 2.24) is 0 Å². The van der Waals surface area contributed by atoms with E-state index in [0.29, 0.717) is 29.1 Å². The number of nitriles is 2. The zero-order chi connectivity index (χ0) is 25.9. The molecule has 0 radical (unpaired) electrons. The number of carbonyl (C=O) groups excluding carboxylic acids is 2. The van der Waals surface area contributed by atoms with Gasteiger partial charge in [0.1, 0.15) is 5.75 Å². The molecule has 0 aliphatic carbocycles. The van der Waals surface area contributed by atoms with Gasteiger partial charge in [-0.3, -0.25) is 9.59 Å². The highest BCUT2D eigenvalue weighted by Gasteiger charge is 2.74. The van der Waals surface area contributed by atoms with Gasteiger partial charge in [0.2, 0.25) is 11.8 Å². The maximum absolute atomic E-state index is 13.9. The minimum absolute atomic E-state index is 0.143. The molecule has 2 bridgehead atoms. The molecule has 5 rings (SSSR count). The molecule has 36 heavy (non-hydrogen) atoms. The molecular weight excluding hydrogens is 475 g/mol. The molecule has 0 saturated carbocycles. The lowest BCUT2D eigenvalue weighted by atomic mass is 9.67. The van der Waals surface area contributed by atoms with Crippen LogP contribution < -0.4 is 9.64 Å². The van der Waals surface area contributed by atoms with Gasteiger partial charge >= 0.3 is 6.18 Å². The number of anilines is 1. The number of alkyl halides is 3. The van der Waals surface area contributed by atoms with Crippen LogP contribution in [0.4, 0.5) is 18.9 Å². The second kappa shape index (κ2) is 8.07. The van der Waals surface area contributed by atoms with Crippen molar-refractivity contribution in [3.63, 3.8) is 0 Å². The van der Waals surface area contributed by atoms with Crippen molar-refractivity contribution in [1.29, 1.82) is 10.5 Å². The van der Waals surface area contributed by atoms with Gasteiger partial charge < -0.3 is 9.47 Å². The van der Waals surface area contributed by atoms with Gasteiger partial charge in [-0.15, -0.1) is 0 Å². The van der Waals surface area contributed by atoms with Gasteiger partial charge in [0, 0.05) is 6.42 Å². The Balaban J connectivity index is 1.46. The van der Waals surface area contributed by atoms with Gasteiger partial charge in [0.15, 0.2) is 0 Å². The Morgan fingerprint density at radius 2 is 1.75 bits per heavy atom. The number of fused-ring (bicyclic) bond motifs is 5. The third-order valence-electron chi connectivity index (χ3n) is 7.48. The molecule has 3 aliphatic rings. The van der Waals surface area contributed by atoms with E-state index < -0.39 is 57.8 Å². The maximum atomic E-state index is 13.9. The molecule has 7 nitrogen and oxygen atoms in total. The molecule has 3 fully saturated rings. The standard InChI is InChI=1S/C26H20F3N3O4/c1-24-9-10-25(36-24,11-12-35-17-7-5-15(13-30)6-8-17)21-20(24)22(33)32(23(21)34)18-4-2-3-16(14-31)19(18)26(27,28)29/h2-8,20-21H,9-12H2,1H3. The summed E-state index contributed by atoms with van der Waals surface area (Å²) in [5.74, 6) is -2.88. The van der Waals surface area contributed by atoms with Crippen molar-refractivity contribution in [2.75, 3.05) is 11.5 Å². The van der Waals surface area contributed by atoms with Crippen LogP contribution in [0, 0.1) is 34.5 Å². The van der Waals surface area contributed by atoms with Crippen molar-refractivity contribution >= 4 is 17.5 Å². The van der Waals surface area contributed by atoms with Crippen molar-refractivity contribution in [2.24, 2.45) is 11.8 Å². The molecule has 3 heterocycles. The Kier molecular flexibility index (Phi) is 5.34. The second-order valence-corrected chi connectivity index (χ2v) is 9.49. The molecule has 0 N–H and O–H groups in total. The summed E-state index contributed by atoms with van der Waals surface area (Å²) in [6.45, 7) is 1.86. The van der Waals surface area contributed by atoms with E-state index in [1.807, 2.05) is 6.07 Å². The first kappa shape index (κ1) is 23.8. The lowest BCUT2D eigenvalue weighted by Crippen LogP contribution is -2.43. The average Bonchev–Trinajstić information content (AvgIpc) is 3.42. The van der Waals surface area contributed by atoms with Crippen LogP contribution in [0.3, 0.4) is 0 Å². The molecule has 0 aromatic heterocycles. The molecule has 4 atom stereocenters. The van der Waals surface area contributed by atoms with Crippen LogP contribution in [0.2, 0.25) is 0 Å². The Hall–Kier alpha value is -3.89. The summed E-state index contributed by atoms with van der Waals surface area (Å²) in [7, 11) is 0. The van der Waals surface area contributed by atoms with Crippen LogP contribution in [0.5, 0.6) is 5.75 Å². The minimum Gasteiger partial charge on any atom is -0.493 e.